The van der Waals surface area contributed by atoms with E-state index in [1.807, 2.05) is 6.07 Å². The van der Waals surface area contributed by atoms with Gasteiger partial charge in [0, 0.05) is 12.1 Å². The van der Waals surface area contributed by atoms with Gasteiger partial charge in [0.15, 0.2) is 0 Å². The highest BCUT2D eigenvalue weighted by Crippen LogP contribution is 2.31. The second-order valence-corrected chi connectivity index (χ2v) is 5.73. The molecule has 1 aliphatic rings. The Bertz CT molecular complexity index is 390. The Labute approximate surface area is 109 Å². The van der Waals surface area contributed by atoms with E-state index in [1.165, 1.54) is 25.3 Å². The molecule has 1 aromatic rings. The zero-order chi connectivity index (χ0) is 13.0. The normalized spacial score (nSPS) is 18.6. The van der Waals surface area contributed by atoms with Gasteiger partial charge < -0.3 is 11.1 Å². The van der Waals surface area contributed by atoms with Gasteiger partial charge in [-0.3, -0.25) is 0 Å². The Kier molecular flexibility index (Phi) is 4.36. The molecule has 1 fully saturated rings. The minimum atomic E-state index is -0.176. The van der Waals surface area contributed by atoms with E-state index in [-0.39, 0.29) is 11.4 Å². The summed E-state index contributed by atoms with van der Waals surface area (Å²) in [5.74, 6) is 0.749. The van der Waals surface area contributed by atoms with Crippen molar-refractivity contribution in [3.63, 3.8) is 0 Å². The molecule has 3 heteroatoms. The molecule has 2 rings (SSSR count). The van der Waals surface area contributed by atoms with Crippen molar-refractivity contribution in [2.24, 2.45) is 11.7 Å². The maximum atomic E-state index is 13.2. The summed E-state index contributed by atoms with van der Waals surface area (Å²) in [7, 11) is 0. The quantitative estimate of drug-likeness (QED) is 0.780. The summed E-state index contributed by atoms with van der Waals surface area (Å²) < 4.78 is 13.2. The predicted molar refractivity (Wildman–Crippen MR) is 72.9 cm³/mol. The lowest BCUT2D eigenvalue weighted by Crippen LogP contribution is -2.50. The third-order valence-electron chi connectivity index (χ3n) is 3.74. The molecule has 0 saturated heterocycles. The molecule has 100 valence electrons. The van der Waals surface area contributed by atoms with Crippen LogP contribution >= 0.6 is 0 Å². The molecule has 1 saturated carbocycles. The van der Waals surface area contributed by atoms with E-state index in [9.17, 15) is 4.39 Å². The zero-order valence-electron chi connectivity index (χ0n) is 11.1. The van der Waals surface area contributed by atoms with Crippen molar-refractivity contribution < 1.29 is 4.39 Å². The molecule has 1 unspecified atom stereocenters. The fourth-order valence-corrected chi connectivity index (χ4v) is 2.29. The zero-order valence-corrected chi connectivity index (χ0v) is 11.1. The average molecular weight is 250 g/mol. The number of hydrogen-bond acceptors (Lipinski definition) is 2. The number of hydrogen-bond donors (Lipinski definition) is 2. The lowest BCUT2D eigenvalue weighted by molar-refractivity contribution is 0.355. The van der Waals surface area contributed by atoms with Crippen LogP contribution in [-0.2, 0) is 6.42 Å². The highest BCUT2D eigenvalue weighted by Gasteiger charge is 2.25. The molecule has 0 bridgehead atoms. The maximum absolute atomic E-state index is 13.2. The Hall–Kier alpha value is -0.930. The SMILES string of the molecule is CC(CN)(Cc1cccc(F)c1)NCCC1CC1. The first-order valence-corrected chi connectivity index (χ1v) is 6.81. The van der Waals surface area contributed by atoms with E-state index >= 15 is 0 Å². The number of rotatable bonds is 7. The molecule has 0 aromatic heterocycles. The summed E-state index contributed by atoms with van der Waals surface area (Å²) in [6.07, 6.45) is 4.76. The molecule has 0 spiro atoms. The van der Waals surface area contributed by atoms with E-state index in [0.717, 1.165) is 24.4 Å². The topological polar surface area (TPSA) is 38.0 Å². The van der Waals surface area contributed by atoms with Crippen LogP contribution in [0.25, 0.3) is 0 Å². The summed E-state index contributed by atoms with van der Waals surface area (Å²) >= 11 is 0. The Morgan fingerprint density at radius 1 is 1.44 bits per heavy atom. The van der Waals surface area contributed by atoms with Crippen molar-refractivity contribution in [2.45, 2.75) is 38.1 Å². The second-order valence-electron chi connectivity index (χ2n) is 5.73. The van der Waals surface area contributed by atoms with Gasteiger partial charge in [-0.2, -0.15) is 0 Å². The smallest absolute Gasteiger partial charge is 0.123 e. The first-order valence-electron chi connectivity index (χ1n) is 6.81. The standard InChI is InChI=1S/C15H23FN2/c1-15(11-17,18-8-7-12-5-6-12)10-13-3-2-4-14(16)9-13/h2-4,9,12,18H,5-8,10-11,17H2,1H3. The summed E-state index contributed by atoms with van der Waals surface area (Å²) in [5, 5.41) is 3.54. The largest absolute Gasteiger partial charge is 0.329 e. The van der Waals surface area contributed by atoms with Crippen molar-refractivity contribution >= 4 is 0 Å². The predicted octanol–water partition coefficient (Wildman–Crippen LogP) is 2.48. The Morgan fingerprint density at radius 3 is 2.83 bits per heavy atom. The van der Waals surface area contributed by atoms with Gasteiger partial charge in [0.25, 0.3) is 0 Å². The van der Waals surface area contributed by atoms with Crippen molar-refractivity contribution in [1.82, 2.24) is 5.32 Å². The van der Waals surface area contributed by atoms with Crippen LogP contribution in [-0.4, -0.2) is 18.6 Å². The lowest BCUT2D eigenvalue weighted by atomic mass is 9.92. The van der Waals surface area contributed by atoms with Gasteiger partial charge in [-0.05, 0) is 49.9 Å². The van der Waals surface area contributed by atoms with Crippen molar-refractivity contribution in [1.29, 1.82) is 0 Å². The average Bonchev–Trinajstić information content (AvgIpc) is 3.13. The van der Waals surface area contributed by atoms with Crippen LogP contribution in [0.1, 0.15) is 31.7 Å². The first-order chi connectivity index (χ1) is 8.61. The highest BCUT2D eigenvalue weighted by molar-refractivity contribution is 5.19. The van der Waals surface area contributed by atoms with Crippen molar-refractivity contribution in [2.75, 3.05) is 13.1 Å². The molecular weight excluding hydrogens is 227 g/mol. The maximum Gasteiger partial charge on any atom is 0.123 e. The van der Waals surface area contributed by atoms with Crippen LogP contribution in [0.5, 0.6) is 0 Å². The molecule has 3 N–H and O–H groups in total. The van der Waals surface area contributed by atoms with Gasteiger partial charge in [0.05, 0.1) is 0 Å². The highest BCUT2D eigenvalue weighted by atomic mass is 19.1. The molecule has 0 aliphatic heterocycles. The first kappa shape index (κ1) is 13.5. The second kappa shape index (κ2) is 5.81. The summed E-state index contributed by atoms with van der Waals surface area (Å²) in [6.45, 7) is 3.69. The van der Waals surface area contributed by atoms with Gasteiger partial charge in [-0.25, -0.2) is 4.39 Å². The molecule has 2 nitrogen and oxygen atoms in total. The minimum absolute atomic E-state index is 0.136. The van der Waals surface area contributed by atoms with Gasteiger partial charge in [-0.15, -0.1) is 0 Å². The Balaban J connectivity index is 1.88. The third-order valence-corrected chi connectivity index (χ3v) is 3.74. The Morgan fingerprint density at radius 2 is 2.22 bits per heavy atom. The van der Waals surface area contributed by atoms with Gasteiger partial charge in [-0.1, -0.05) is 25.0 Å². The summed E-state index contributed by atoms with van der Waals surface area (Å²) in [6, 6.07) is 6.78. The number of halogens is 1. The molecule has 1 aliphatic carbocycles. The van der Waals surface area contributed by atoms with E-state index < -0.39 is 0 Å². The minimum Gasteiger partial charge on any atom is -0.329 e. The molecular formula is C15H23FN2. The van der Waals surface area contributed by atoms with Crippen LogP contribution in [0.3, 0.4) is 0 Å². The molecule has 1 aromatic carbocycles. The van der Waals surface area contributed by atoms with E-state index in [1.54, 1.807) is 12.1 Å². The van der Waals surface area contributed by atoms with Crippen LogP contribution in [0.2, 0.25) is 0 Å². The third kappa shape index (κ3) is 4.07. The van der Waals surface area contributed by atoms with E-state index in [2.05, 4.69) is 12.2 Å². The molecule has 1 atom stereocenters. The lowest BCUT2D eigenvalue weighted by Gasteiger charge is -2.30. The van der Waals surface area contributed by atoms with Crippen LogP contribution in [0.4, 0.5) is 4.39 Å². The number of benzene rings is 1. The van der Waals surface area contributed by atoms with Crippen molar-refractivity contribution in [3.05, 3.63) is 35.6 Å². The number of nitrogens with one attached hydrogen (secondary N) is 1. The van der Waals surface area contributed by atoms with Crippen LogP contribution < -0.4 is 11.1 Å². The fraction of sp³-hybridized carbons (Fsp3) is 0.600. The van der Waals surface area contributed by atoms with Gasteiger partial charge >= 0.3 is 0 Å². The molecule has 18 heavy (non-hydrogen) atoms. The van der Waals surface area contributed by atoms with Crippen LogP contribution in [0, 0.1) is 11.7 Å². The van der Waals surface area contributed by atoms with Gasteiger partial charge in [0.1, 0.15) is 5.82 Å². The molecule has 0 heterocycles. The monoisotopic (exact) mass is 250 g/mol. The molecule has 0 amide bonds. The summed E-state index contributed by atoms with van der Waals surface area (Å²) in [4.78, 5) is 0. The molecule has 0 radical (unpaired) electrons. The fourth-order valence-electron chi connectivity index (χ4n) is 2.29. The van der Waals surface area contributed by atoms with Crippen LogP contribution in [0.15, 0.2) is 24.3 Å². The van der Waals surface area contributed by atoms with Crippen molar-refractivity contribution in [3.8, 4) is 0 Å². The van der Waals surface area contributed by atoms with E-state index in [4.69, 9.17) is 5.73 Å². The number of nitrogens with two attached hydrogens (primary N) is 1. The van der Waals surface area contributed by atoms with Gasteiger partial charge in [0.2, 0.25) is 0 Å². The summed E-state index contributed by atoms with van der Waals surface area (Å²) in [5.41, 5.74) is 6.73. The van der Waals surface area contributed by atoms with E-state index in [0.29, 0.717) is 6.54 Å².